The Balaban J connectivity index is 3.81. The van der Waals surface area contributed by atoms with Crippen molar-refractivity contribution in [2.75, 3.05) is 33.4 Å². The molecule has 0 saturated heterocycles. The van der Waals surface area contributed by atoms with Crippen molar-refractivity contribution in [1.82, 2.24) is 10.4 Å². The molecule has 0 aromatic rings. The van der Waals surface area contributed by atoms with Crippen molar-refractivity contribution in [3.63, 3.8) is 0 Å². The third-order valence-corrected chi connectivity index (χ3v) is 3.98. The van der Waals surface area contributed by atoms with Crippen LogP contribution in [0.3, 0.4) is 0 Å². The normalized spacial score (nSPS) is 14.8. The van der Waals surface area contributed by atoms with E-state index in [1.165, 1.54) is 12.8 Å². The van der Waals surface area contributed by atoms with Gasteiger partial charge in [0.2, 0.25) is 0 Å². The zero-order valence-electron chi connectivity index (χ0n) is 11.3. The Morgan fingerprint density at radius 3 is 2.41 bits per heavy atom. The molecule has 0 fully saturated rings. The maximum Gasteiger partial charge on any atom is 0.405 e. The van der Waals surface area contributed by atoms with E-state index in [2.05, 4.69) is 17.3 Å². The molecule has 0 amide bonds. The Morgan fingerprint density at radius 2 is 1.82 bits per heavy atom. The zero-order valence-corrected chi connectivity index (χ0v) is 12.2. The van der Waals surface area contributed by atoms with E-state index in [0.717, 1.165) is 12.8 Å². The van der Waals surface area contributed by atoms with Gasteiger partial charge < -0.3 is 5.32 Å². The van der Waals surface area contributed by atoms with Gasteiger partial charge in [0.15, 0.2) is 0 Å². The van der Waals surface area contributed by atoms with Crippen molar-refractivity contribution < 1.29 is 13.6 Å². The highest BCUT2D eigenvalue weighted by atomic mass is 31.2. The Morgan fingerprint density at radius 1 is 1.06 bits per heavy atom. The number of hydrogen-bond acceptors (Lipinski definition) is 4. The molecule has 17 heavy (non-hydrogen) atoms. The molecule has 0 bridgehead atoms. The number of hydrogen-bond donors (Lipinski definition) is 2. The third-order valence-electron chi connectivity index (χ3n) is 2.25. The van der Waals surface area contributed by atoms with Gasteiger partial charge in [0.05, 0.1) is 13.2 Å². The molecule has 0 aromatic carbocycles. The highest BCUT2D eigenvalue weighted by molar-refractivity contribution is 7.51. The van der Waals surface area contributed by atoms with E-state index in [-0.39, 0.29) is 0 Å². The van der Waals surface area contributed by atoms with Gasteiger partial charge in [0.25, 0.3) is 0 Å². The van der Waals surface area contributed by atoms with Crippen LogP contribution >= 0.6 is 7.75 Å². The molecule has 1 atom stereocenters. The average Bonchev–Trinajstić information content (AvgIpc) is 2.29. The van der Waals surface area contributed by atoms with E-state index in [1.54, 1.807) is 0 Å². The fourth-order valence-corrected chi connectivity index (χ4v) is 2.69. The highest BCUT2D eigenvalue weighted by Crippen LogP contribution is 2.43. The van der Waals surface area contributed by atoms with E-state index in [1.807, 2.05) is 14.0 Å². The molecule has 0 radical (unpaired) electrons. The number of likely N-dealkylation sites (N-methyl/N-ethyl adjacent to an activating group) is 1. The van der Waals surface area contributed by atoms with Gasteiger partial charge in [-0.05, 0) is 20.4 Å². The topological polar surface area (TPSA) is 59.6 Å². The summed E-state index contributed by atoms with van der Waals surface area (Å²) in [6.07, 6.45) is 4.55. The Kier molecular flexibility index (Phi) is 11.2. The van der Waals surface area contributed by atoms with Crippen LogP contribution in [0.15, 0.2) is 0 Å². The SMILES string of the molecule is CCCCCCNP(=O)(OCC)OCCNC. The van der Waals surface area contributed by atoms with Crippen LogP contribution < -0.4 is 10.4 Å². The predicted octanol–water partition coefficient (Wildman–Crippen LogP) is 2.54. The van der Waals surface area contributed by atoms with Gasteiger partial charge in [-0.2, -0.15) is 0 Å². The van der Waals surface area contributed by atoms with Crippen molar-refractivity contribution in [1.29, 1.82) is 0 Å². The third kappa shape index (κ3) is 9.74. The van der Waals surface area contributed by atoms with Gasteiger partial charge in [-0.3, -0.25) is 9.05 Å². The Labute approximate surface area is 105 Å². The minimum Gasteiger partial charge on any atom is -0.317 e. The smallest absolute Gasteiger partial charge is 0.317 e. The first kappa shape index (κ1) is 17.1. The molecule has 0 rings (SSSR count). The van der Waals surface area contributed by atoms with Crippen LogP contribution in [0.4, 0.5) is 0 Å². The van der Waals surface area contributed by atoms with Gasteiger partial charge in [0.1, 0.15) is 0 Å². The summed E-state index contributed by atoms with van der Waals surface area (Å²) in [7, 11) is -1.26. The summed E-state index contributed by atoms with van der Waals surface area (Å²) in [5.41, 5.74) is 0. The first-order valence-corrected chi connectivity index (χ1v) is 8.01. The van der Waals surface area contributed by atoms with E-state index in [4.69, 9.17) is 9.05 Å². The summed E-state index contributed by atoms with van der Waals surface area (Å²) in [5, 5.41) is 5.84. The Hall–Kier alpha value is 0.0700. The van der Waals surface area contributed by atoms with E-state index >= 15 is 0 Å². The largest absolute Gasteiger partial charge is 0.405 e. The van der Waals surface area contributed by atoms with Gasteiger partial charge in [-0.15, -0.1) is 0 Å². The molecule has 0 aromatic heterocycles. The van der Waals surface area contributed by atoms with Crippen LogP contribution in [0, 0.1) is 0 Å². The van der Waals surface area contributed by atoms with Crippen molar-refractivity contribution >= 4 is 7.75 Å². The molecule has 0 spiro atoms. The summed E-state index contributed by atoms with van der Waals surface area (Å²) in [6, 6.07) is 0. The van der Waals surface area contributed by atoms with Crippen LogP contribution in [0.1, 0.15) is 39.5 Å². The average molecular weight is 266 g/mol. The van der Waals surface area contributed by atoms with Crippen LogP contribution in [-0.2, 0) is 13.6 Å². The molecular weight excluding hydrogens is 239 g/mol. The molecular formula is C11H27N2O3P. The standard InChI is InChI=1S/C11H27N2O3P/c1-4-6-7-8-9-13-17(14,15-5-2)16-11-10-12-3/h12H,4-11H2,1-3H3,(H,13,14). The molecule has 5 nitrogen and oxygen atoms in total. The molecule has 0 aliphatic heterocycles. The lowest BCUT2D eigenvalue weighted by Crippen LogP contribution is -2.20. The molecule has 1 unspecified atom stereocenters. The number of unbranched alkanes of at least 4 members (excludes halogenated alkanes) is 3. The summed E-state index contributed by atoms with van der Waals surface area (Å²) in [4.78, 5) is 0. The molecule has 0 aliphatic carbocycles. The lowest BCUT2D eigenvalue weighted by Gasteiger charge is -2.18. The second-order valence-corrected chi connectivity index (χ2v) is 5.65. The quantitative estimate of drug-likeness (QED) is 0.420. The highest BCUT2D eigenvalue weighted by Gasteiger charge is 2.22. The summed E-state index contributed by atoms with van der Waals surface area (Å²) < 4.78 is 22.6. The van der Waals surface area contributed by atoms with Crippen LogP contribution in [-0.4, -0.2) is 33.4 Å². The summed E-state index contributed by atoms with van der Waals surface area (Å²) in [6.45, 7) is 6.09. The van der Waals surface area contributed by atoms with Gasteiger partial charge >= 0.3 is 7.75 Å². The number of rotatable bonds is 12. The molecule has 0 heterocycles. The predicted molar refractivity (Wildman–Crippen MR) is 71.3 cm³/mol. The van der Waals surface area contributed by atoms with Crippen molar-refractivity contribution in [3.05, 3.63) is 0 Å². The Bertz CT molecular complexity index is 215. The first-order valence-electron chi connectivity index (χ1n) is 6.47. The van der Waals surface area contributed by atoms with Gasteiger partial charge in [0, 0.05) is 13.1 Å². The fourth-order valence-electron chi connectivity index (χ4n) is 1.33. The second kappa shape index (κ2) is 11.2. The first-order chi connectivity index (χ1) is 8.18. The second-order valence-electron chi connectivity index (χ2n) is 3.82. The van der Waals surface area contributed by atoms with Crippen molar-refractivity contribution in [2.45, 2.75) is 39.5 Å². The van der Waals surface area contributed by atoms with Crippen LogP contribution in [0.2, 0.25) is 0 Å². The van der Waals surface area contributed by atoms with E-state index in [0.29, 0.717) is 26.3 Å². The monoisotopic (exact) mass is 266 g/mol. The summed E-state index contributed by atoms with van der Waals surface area (Å²) >= 11 is 0. The molecule has 2 N–H and O–H groups in total. The van der Waals surface area contributed by atoms with Crippen molar-refractivity contribution in [3.8, 4) is 0 Å². The van der Waals surface area contributed by atoms with Gasteiger partial charge in [-0.25, -0.2) is 9.65 Å². The van der Waals surface area contributed by atoms with Gasteiger partial charge in [-0.1, -0.05) is 26.2 Å². The lowest BCUT2D eigenvalue weighted by molar-refractivity contribution is 0.204. The summed E-state index contributed by atoms with van der Waals surface area (Å²) in [5.74, 6) is 0. The number of nitrogens with one attached hydrogen (secondary N) is 2. The lowest BCUT2D eigenvalue weighted by atomic mass is 10.2. The maximum atomic E-state index is 12.1. The van der Waals surface area contributed by atoms with E-state index < -0.39 is 7.75 Å². The molecule has 0 aliphatic rings. The van der Waals surface area contributed by atoms with Crippen LogP contribution in [0.5, 0.6) is 0 Å². The fraction of sp³-hybridized carbons (Fsp3) is 1.00. The van der Waals surface area contributed by atoms with Crippen LogP contribution in [0.25, 0.3) is 0 Å². The minimum absolute atomic E-state index is 0.385. The zero-order chi connectivity index (χ0) is 13.0. The maximum absolute atomic E-state index is 12.1. The minimum atomic E-state index is -3.09. The molecule has 0 saturated carbocycles. The molecule has 6 heteroatoms. The molecule has 104 valence electrons. The van der Waals surface area contributed by atoms with E-state index in [9.17, 15) is 4.57 Å². The van der Waals surface area contributed by atoms with Crippen molar-refractivity contribution in [2.24, 2.45) is 0 Å².